The Morgan fingerprint density at radius 2 is 1.94 bits per heavy atom. The standard InChI is InChI=1S/C14H18N2O2.C13H18F2N2/c17-14(18)13(16-8-1-2-9-16)11-4-3-7-15-12(11)10-5-6-10;14-12(15)6-2-1-5-11-8-7-10-4-3-9-16-13(10)17-11/h3-4,7,10,13H,1-2,5-6,8-9H2,(H,17,18);7-8,12H,1-6,9H2,(H,16,17). The molecule has 0 aromatic carbocycles. The predicted octanol–water partition coefficient (Wildman–Crippen LogP) is 5.60. The van der Waals surface area contributed by atoms with E-state index in [1.54, 1.807) is 6.20 Å². The fourth-order valence-electron chi connectivity index (χ4n) is 4.96. The molecule has 8 heteroatoms. The summed E-state index contributed by atoms with van der Waals surface area (Å²) in [5.41, 5.74) is 4.20. The lowest BCUT2D eigenvalue weighted by Gasteiger charge is -2.25. The van der Waals surface area contributed by atoms with Crippen LogP contribution in [-0.4, -0.2) is 52.0 Å². The molecule has 2 aromatic heterocycles. The summed E-state index contributed by atoms with van der Waals surface area (Å²) in [5, 5.41) is 12.8. The highest BCUT2D eigenvalue weighted by Crippen LogP contribution is 2.43. The number of likely N-dealkylation sites (tertiary alicyclic amines) is 1. The lowest BCUT2D eigenvalue weighted by molar-refractivity contribution is -0.143. The Morgan fingerprint density at radius 1 is 1.14 bits per heavy atom. The number of aliphatic carboxylic acids is 1. The van der Waals surface area contributed by atoms with Gasteiger partial charge in [-0.25, -0.2) is 13.8 Å². The third-order valence-corrected chi connectivity index (χ3v) is 6.93. The zero-order chi connectivity index (χ0) is 24.6. The van der Waals surface area contributed by atoms with Gasteiger partial charge in [0.2, 0.25) is 6.43 Å². The lowest BCUT2D eigenvalue weighted by Crippen LogP contribution is -2.32. The number of alkyl halides is 2. The van der Waals surface area contributed by atoms with Crippen molar-refractivity contribution in [3.63, 3.8) is 0 Å². The summed E-state index contributed by atoms with van der Waals surface area (Å²) in [5.74, 6) is 0.736. The summed E-state index contributed by atoms with van der Waals surface area (Å²) in [7, 11) is 0. The van der Waals surface area contributed by atoms with E-state index in [4.69, 9.17) is 0 Å². The minimum absolute atomic E-state index is 0.00317. The number of nitrogens with one attached hydrogen (secondary N) is 1. The Kier molecular flexibility index (Phi) is 9.01. The molecule has 35 heavy (non-hydrogen) atoms. The molecule has 0 bridgehead atoms. The van der Waals surface area contributed by atoms with Gasteiger partial charge >= 0.3 is 5.97 Å². The van der Waals surface area contributed by atoms with Crippen molar-refractivity contribution in [2.75, 3.05) is 25.0 Å². The van der Waals surface area contributed by atoms with Crippen LogP contribution in [0.25, 0.3) is 0 Å². The number of pyridine rings is 2. The minimum Gasteiger partial charge on any atom is -0.480 e. The van der Waals surface area contributed by atoms with Gasteiger partial charge in [-0.2, -0.15) is 0 Å². The molecule has 3 aliphatic rings. The Bertz CT molecular complexity index is 977. The molecule has 0 amide bonds. The molecule has 0 spiro atoms. The molecule has 190 valence electrons. The summed E-state index contributed by atoms with van der Waals surface area (Å²) in [6.07, 6.45) is 8.50. The number of unbranched alkanes of at least 4 members (excludes halogenated alkanes) is 1. The Hall–Kier alpha value is -2.61. The van der Waals surface area contributed by atoms with Gasteiger partial charge in [-0.1, -0.05) is 12.1 Å². The van der Waals surface area contributed by atoms with E-state index in [0.717, 1.165) is 93.8 Å². The van der Waals surface area contributed by atoms with Crippen molar-refractivity contribution < 1.29 is 18.7 Å². The molecular formula is C27H36F2N4O2. The highest BCUT2D eigenvalue weighted by atomic mass is 19.3. The molecular weight excluding hydrogens is 450 g/mol. The van der Waals surface area contributed by atoms with Crippen molar-refractivity contribution >= 4 is 11.8 Å². The molecule has 2 aliphatic heterocycles. The quantitative estimate of drug-likeness (QED) is 0.450. The molecule has 4 heterocycles. The molecule has 1 unspecified atom stereocenters. The van der Waals surface area contributed by atoms with E-state index in [0.29, 0.717) is 12.3 Å². The zero-order valence-corrected chi connectivity index (χ0v) is 20.3. The molecule has 2 aromatic rings. The number of aryl methyl sites for hydroxylation is 2. The molecule has 1 atom stereocenters. The Balaban J connectivity index is 0.000000165. The first-order valence-corrected chi connectivity index (χ1v) is 13.0. The summed E-state index contributed by atoms with van der Waals surface area (Å²) in [6.45, 7) is 2.75. The first kappa shape index (κ1) is 25.5. The van der Waals surface area contributed by atoms with Crippen LogP contribution in [0.1, 0.15) is 85.8 Å². The fraction of sp³-hybridized carbons (Fsp3) is 0.593. The van der Waals surface area contributed by atoms with Crippen molar-refractivity contribution in [3.8, 4) is 0 Å². The van der Waals surface area contributed by atoms with Crippen LogP contribution in [0.5, 0.6) is 0 Å². The number of halogens is 2. The van der Waals surface area contributed by atoms with Crippen LogP contribution in [0, 0.1) is 0 Å². The summed E-state index contributed by atoms with van der Waals surface area (Å²) >= 11 is 0. The largest absolute Gasteiger partial charge is 0.480 e. The van der Waals surface area contributed by atoms with Crippen LogP contribution in [0.4, 0.5) is 14.6 Å². The second-order valence-electron chi connectivity index (χ2n) is 9.71. The monoisotopic (exact) mass is 486 g/mol. The van der Waals surface area contributed by atoms with Crippen molar-refractivity contribution in [1.82, 2.24) is 14.9 Å². The molecule has 2 N–H and O–H groups in total. The molecule has 1 aliphatic carbocycles. The van der Waals surface area contributed by atoms with Crippen molar-refractivity contribution in [1.29, 1.82) is 0 Å². The highest BCUT2D eigenvalue weighted by molar-refractivity contribution is 5.76. The van der Waals surface area contributed by atoms with Gasteiger partial charge in [0.25, 0.3) is 0 Å². The van der Waals surface area contributed by atoms with E-state index >= 15 is 0 Å². The molecule has 6 nitrogen and oxygen atoms in total. The van der Waals surface area contributed by atoms with Crippen molar-refractivity contribution in [2.45, 2.75) is 82.6 Å². The van der Waals surface area contributed by atoms with E-state index in [1.807, 2.05) is 18.2 Å². The minimum atomic E-state index is -2.17. The van der Waals surface area contributed by atoms with Gasteiger partial charge in [-0.15, -0.1) is 0 Å². The maximum Gasteiger partial charge on any atom is 0.325 e. The number of nitrogens with zero attached hydrogens (tertiary/aromatic N) is 3. The Morgan fingerprint density at radius 3 is 2.66 bits per heavy atom. The summed E-state index contributed by atoms with van der Waals surface area (Å²) in [6, 6.07) is 7.42. The number of fused-ring (bicyclic) bond motifs is 1. The van der Waals surface area contributed by atoms with Gasteiger partial charge in [0.1, 0.15) is 11.9 Å². The average molecular weight is 487 g/mol. The predicted molar refractivity (Wildman–Crippen MR) is 132 cm³/mol. The van der Waals surface area contributed by atoms with Gasteiger partial charge in [0.05, 0.1) is 0 Å². The van der Waals surface area contributed by atoms with E-state index in [9.17, 15) is 18.7 Å². The topological polar surface area (TPSA) is 78.3 Å². The summed E-state index contributed by atoms with van der Waals surface area (Å²) in [4.78, 5) is 22.6. The SMILES string of the molecule is FC(F)CCCCc1ccc2c(n1)NCCC2.O=C(O)C(c1cccnc1C1CC1)N1CCCC1. The first-order valence-electron chi connectivity index (χ1n) is 13.0. The summed E-state index contributed by atoms with van der Waals surface area (Å²) < 4.78 is 23.9. The van der Waals surface area contributed by atoms with Crippen molar-refractivity contribution in [2.24, 2.45) is 0 Å². The maximum atomic E-state index is 12.0. The number of carbonyl (C=O) groups is 1. The number of carboxylic acids is 1. The van der Waals surface area contributed by atoms with Crippen LogP contribution < -0.4 is 5.32 Å². The van der Waals surface area contributed by atoms with Crippen LogP contribution in [-0.2, 0) is 17.6 Å². The third kappa shape index (κ3) is 7.19. The molecule has 1 saturated carbocycles. The van der Waals surface area contributed by atoms with Crippen LogP contribution in [0.15, 0.2) is 30.5 Å². The maximum absolute atomic E-state index is 12.0. The van der Waals surface area contributed by atoms with E-state index in [1.165, 1.54) is 5.56 Å². The van der Waals surface area contributed by atoms with Gasteiger partial charge in [0.15, 0.2) is 0 Å². The second kappa shape index (κ2) is 12.4. The van der Waals surface area contributed by atoms with Crippen molar-refractivity contribution in [3.05, 3.63) is 53.0 Å². The smallest absolute Gasteiger partial charge is 0.325 e. The van der Waals surface area contributed by atoms with Crippen LogP contribution in [0.2, 0.25) is 0 Å². The normalized spacial score (nSPS) is 18.4. The van der Waals surface area contributed by atoms with E-state index < -0.39 is 18.4 Å². The van der Waals surface area contributed by atoms with Crippen LogP contribution >= 0.6 is 0 Å². The highest BCUT2D eigenvalue weighted by Gasteiger charge is 2.35. The molecule has 0 radical (unpaired) electrons. The first-order chi connectivity index (χ1) is 17.0. The zero-order valence-electron chi connectivity index (χ0n) is 20.3. The van der Waals surface area contributed by atoms with Gasteiger partial charge in [0, 0.05) is 42.0 Å². The lowest BCUT2D eigenvalue weighted by atomic mass is 10.0. The third-order valence-electron chi connectivity index (χ3n) is 6.93. The fourth-order valence-corrected chi connectivity index (χ4v) is 4.96. The van der Waals surface area contributed by atoms with Gasteiger partial charge in [-0.3, -0.25) is 14.7 Å². The number of hydrogen-bond acceptors (Lipinski definition) is 5. The van der Waals surface area contributed by atoms with E-state index in [-0.39, 0.29) is 6.42 Å². The Labute approximate surface area is 206 Å². The number of rotatable bonds is 9. The second-order valence-corrected chi connectivity index (χ2v) is 9.71. The van der Waals surface area contributed by atoms with Crippen LogP contribution in [0.3, 0.4) is 0 Å². The van der Waals surface area contributed by atoms with Gasteiger partial charge < -0.3 is 10.4 Å². The number of anilines is 1. The molecule has 2 fully saturated rings. The average Bonchev–Trinajstić information content (AvgIpc) is 3.57. The van der Waals surface area contributed by atoms with Gasteiger partial charge in [-0.05, 0) is 88.6 Å². The van der Waals surface area contributed by atoms with E-state index in [2.05, 4.69) is 26.3 Å². The number of carboxylic acid groups (broad SMARTS) is 1. The number of aromatic nitrogens is 2. The molecule has 5 rings (SSSR count). The number of hydrogen-bond donors (Lipinski definition) is 2. The molecule has 1 saturated heterocycles.